The smallest absolute Gasteiger partial charge is 0.308 e. The van der Waals surface area contributed by atoms with Crippen molar-refractivity contribution in [2.24, 2.45) is 5.92 Å². The first-order chi connectivity index (χ1) is 7.24. The molecule has 0 aromatic rings. The second-order valence-electron chi connectivity index (χ2n) is 4.54. The van der Waals surface area contributed by atoms with E-state index in [0.717, 1.165) is 13.0 Å². The number of carbonyl (C=O) groups excluding carboxylic acids is 1. The second-order valence-corrected chi connectivity index (χ2v) is 4.54. The summed E-state index contributed by atoms with van der Waals surface area (Å²) in [6, 6.07) is 0. The molecular formula is C12H24NO2+. The standard InChI is InChI=1S/C12H23NO2/c1-3-11(2)12(14)15-10-9-13-7-5-4-6-8-13/h11H,3-10H2,1-2H3/p+1. The predicted molar refractivity (Wildman–Crippen MR) is 59.8 cm³/mol. The van der Waals surface area contributed by atoms with E-state index in [4.69, 9.17) is 4.74 Å². The monoisotopic (exact) mass is 214 g/mol. The summed E-state index contributed by atoms with van der Waals surface area (Å²) in [7, 11) is 0. The summed E-state index contributed by atoms with van der Waals surface area (Å²) in [6.07, 6.45) is 4.90. The lowest BCUT2D eigenvalue weighted by Gasteiger charge is -2.23. The molecule has 1 atom stereocenters. The summed E-state index contributed by atoms with van der Waals surface area (Å²) in [5, 5.41) is 0. The Morgan fingerprint density at radius 2 is 2.00 bits per heavy atom. The Morgan fingerprint density at radius 1 is 1.33 bits per heavy atom. The first-order valence-corrected chi connectivity index (χ1v) is 6.24. The predicted octanol–water partition coefficient (Wildman–Crippen LogP) is 0.644. The Kier molecular flexibility index (Phi) is 5.69. The molecule has 0 spiro atoms. The van der Waals surface area contributed by atoms with Gasteiger partial charge in [-0.3, -0.25) is 4.79 Å². The Bertz CT molecular complexity index is 188. The lowest BCUT2D eigenvalue weighted by atomic mass is 10.1. The maximum Gasteiger partial charge on any atom is 0.308 e. The average molecular weight is 214 g/mol. The average Bonchev–Trinajstić information content (AvgIpc) is 2.29. The summed E-state index contributed by atoms with van der Waals surface area (Å²) in [5.74, 6) is 0.0234. The maximum absolute atomic E-state index is 11.4. The van der Waals surface area contributed by atoms with E-state index < -0.39 is 0 Å². The molecule has 1 rings (SSSR count). The number of nitrogens with one attached hydrogen (secondary N) is 1. The van der Waals surface area contributed by atoms with E-state index in [0.29, 0.717) is 6.61 Å². The Labute approximate surface area is 92.8 Å². The normalized spacial score (nSPS) is 19.9. The SMILES string of the molecule is CCC(C)C(=O)OCC[NH+]1CCCCC1. The van der Waals surface area contributed by atoms with Gasteiger partial charge in [0, 0.05) is 0 Å². The molecular weight excluding hydrogens is 190 g/mol. The van der Waals surface area contributed by atoms with Gasteiger partial charge in [-0.15, -0.1) is 0 Å². The molecule has 0 radical (unpaired) electrons. The number of hydrogen-bond donors (Lipinski definition) is 1. The van der Waals surface area contributed by atoms with Gasteiger partial charge in [-0.1, -0.05) is 13.8 Å². The maximum atomic E-state index is 11.4. The van der Waals surface area contributed by atoms with Crippen LogP contribution in [0.5, 0.6) is 0 Å². The molecule has 3 heteroatoms. The van der Waals surface area contributed by atoms with Crippen LogP contribution < -0.4 is 4.90 Å². The van der Waals surface area contributed by atoms with Crippen LogP contribution in [-0.2, 0) is 9.53 Å². The highest BCUT2D eigenvalue weighted by Gasteiger charge is 2.15. The number of hydrogen-bond acceptors (Lipinski definition) is 2. The van der Waals surface area contributed by atoms with E-state index in [9.17, 15) is 4.79 Å². The quantitative estimate of drug-likeness (QED) is 0.681. The van der Waals surface area contributed by atoms with Crippen LogP contribution in [-0.4, -0.2) is 32.2 Å². The number of piperidine rings is 1. The number of rotatable bonds is 5. The molecule has 0 bridgehead atoms. The molecule has 3 nitrogen and oxygen atoms in total. The van der Waals surface area contributed by atoms with Gasteiger partial charge in [0.2, 0.25) is 0 Å². The highest BCUT2D eigenvalue weighted by molar-refractivity contribution is 5.71. The topological polar surface area (TPSA) is 30.7 Å². The summed E-state index contributed by atoms with van der Waals surface area (Å²) >= 11 is 0. The molecule has 0 saturated carbocycles. The van der Waals surface area contributed by atoms with Gasteiger partial charge in [-0.05, 0) is 25.7 Å². The number of likely N-dealkylation sites (tertiary alicyclic amines) is 1. The molecule has 1 heterocycles. The van der Waals surface area contributed by atoms with E-state index in [1.165, 1.54) is 32.4 Å². The minimum atomic E-state index is -0.0334. The fraction of sp³-hybridized carbons (Fsp3) is 0.917. The second kappa shape index (κ2) is 6.83. The van der Waals surface area contributed by atoms with Gasteiger partial charge in [0.05, 0.1) is 19.0 Å². The van der Waals surface area contributed by atoms with Gasteiger partial charge in [0.1, 0.15) is 13.2 Å². The summed E-state index contributed by atoms with van der Waals surface area (Å²) < 4.78 is 5.24. The van der Waals surface area contributed by atoms with Crippen molar-refractivity contribution >= 4 is 5.97 Å². The molecule has 1 unspecified atom stereocenters. The molecule has 88 valence electrons. The number of esters is 1. The van der Waals surface area contributed by atoms with E-state index in [-0.39, 0.29) is 11.9 Å². The van der Waals surface area contributed by atoms with E-state index in [2.05, 4.69) is 0 Å². The van der Waals surface area contributed by atoms with Crippen LogP contribution in [0.3, 0.4) is 0 Å². The number of quaternary nitrogens is 1. The van der Waals surface area contributed by atoms with Gasteiger partial charge < -0.3 is 9.64 Å². The zero-order valence-electron chi connectivity index (χ0n) is 10.1. The highest BCUT2D eigenvalue weighted by atomic mass is 16.5. The van der Waals surface area contributed by atoms with Crippen LogP contribution in [0.1, 0.15) is 39.5 Å². The highest BCUT2D eigenvalue weighted by Crippen LogP contribution is 2.02. The van der Waals surface area contributed by atoms with Crippen molar-refractivity contribution in [1.29, 1.82) is 0 Å². The first kappa shape index (κ1) is 12.5. The van der Waals surface area contributed by atoms with E-state index in [1.807, 2.05) is 13.8 Å². The third-order valence-electron chi connectivity index (χ3n) is 3.28. The Balaban J connectivity index is 2.07. The molecule has 1 fully saturated rings. The number of ether oxygens (including phenoxy) is 1. The third-order valence-corrected chi connectivity index (χ3v) is 3.28. The summed E-state index contributed by atoms with van der Waals surface area (Å²) in [6.45, 7) is 8.03. The van der Waals surface area contributed by atoms with Crippen molar-refractivity contribution in [2.75, 3.05) is 26.2 Å². The third kappa shape index (κ3) is 4.65. The first-order valence-electron chi connectivity index (χ1n) is 6.24. The van der Waals surface area contributed by atoms with Crippen molar-refractivity contribution < 1.29 is 14.4 Å². The molecule has 0 aromatic heterocycles. The zero-order valence-corrected chi connectivity index (χ0v) is 10.1. The van der Waals surface area contributed by atoms with Crippen molar-refractivity contribution in [2.45, 2.75) is 39.5 Å². The molecule has 0 amide bonds. The largest absolute Gasteiger partial charge is 0.459 e. The van der Waals surface area contributed by atoms with Gasteiger partial charge in [0.15, 0.2) is 0 Å². The van der Waals surface area contributed by atoms with Crippen molar-refractivity contribution in [1.82, 2.24) is 0 Å². The Morgan fingerprint density at radius 3 is 2.60 bits per heavy atom. The van der Waals surface area contributed by atoms with Crippen LogP contribution in [0.2, 0.25) is 0 Å². The van der Waals surface area contributed by atoms with Crippen molar-refractivity contribution in [3.63, 3.8) is 0 Å². The summed E-state index contributed by atoms with van der Waals surface area (Å²) in [4.78, 5) is 13.0. The van der Waals surface area contributed by atoms with Crippen LogP contribution in [0, 0.1) is 5.92 Å². The van der Waals surface area contributed by atoms with Gasteiger partial charge in [-0.2, -0.15) is 0 Å². The van der Waals surface area contributed by atoms with Crippen LogP contribution >= 0.6 is 0 Å². The van der Waals surface area contributed by atoms with Gasteiger partial charge >= 0.3 is 5.97 Å². The fourth-order valence-electron chi connectivity index (χ4n) is 1.91. The van der Waals surface area contributed by atoms with Crippen molar-refractivity contribution in [3.05, 3.63) is 0 Å². The Hall–Kier alpha value is -0.570. The molecule has 0 aliphatic carbocycles. The van der Waals surface area contributed by atoms with Crippen LogP contribution in [0.15, 0.2) is 0 Å². The van der Waals surface area contributed by atoms with Crippen LogP contribution in [0.4, 0.5) is 0 Å². The van der Waals surface area contributed by atoms with Gasteiger partial charge in [-0.25, -0.2) is 0 Å². The summed E-state index contributed by atoms with van der Waals surface area (Å²) in [5.41, 5.74) is 0. The molecule has 1 aliphatic heterocycles. The lowest BCUT2D eigenvalue weighted by Crippen LogP contribution is -3.13. The molecule has 1 N–H and O–H groups in total. The zero-order chi connectivity index (χ0) is 11.1. The fourth-order valence-corrected chi connectivity index (χ4v) is 1.91. The molecule has 15 heavy (non-hydrogen) atoms. The molecule has 0 aromatic carbocycles. The van der Waals surface area contributed by atoms with E-state index >= 15 is 0 Å². The van der Waals surface area contributed by atoms with E-state index in [1.54, 1.807) is 4.90 Å². The minimum Gasteiger partial charge on any atom is -0.459 e. The lowest BCUT2D eigenvalue weighted by molar-refractivity contribution is -0.905. The molecule has 1 aliphatic rings. The van der Waals surface area contributed by atoms with Crippen molar-refractivity contribution in [3.8, 4) is 0 Å². The number of carbonyl (C=O) groups is 1. The van der Waals surface area contributed by atoms with Gasteiger partial charge in [0.25, 0.3) is 0 Å². The van der Waals surface area contributed by atoms with Crippen LogP contribution in [0.25, 0.3) is 0 Å². The minimum absolute atomic E-state index is 0.0334. The molecule has 1 saturated heterocycles.